The topological polar surface area (TPSA) is 211 Å². The number of fused-ring (bicyclic) bond motifs is 2. The number of halogens is 2. The lowest BCUT2D eigenvalue weighted by atomic mass is 9.93. The zero-order chi connectivity index (χ0) is 38.7. The number of aromatic amines is 1. The summed E-state index contributed by atoms with van der Waals surface area (Å²) in [6.07, 6.45) is 3.17. The number of rotatable bonds is 9. The molecule has 1 aliphatic heterocycles. The van der Waals surface area contributed by atoms with Crippen molar-refractivity contribution in [3.05, 3.63) is 139 Å². The molecule has 1 fully saturated rings. The van der Waals surface area contributed by atoms with Gasteiger partial charge in [-0.15, -0.1) is 0 Å². The summed E-state index contributed by atoms with van der Waals surface area (Å²) in [6, 6.07) is 20.3. The molecule has 0 amide bonds. The van der Waals surface area contributed by atoms with Crippen LogP contribution in [0.25, 0.3) is 10.9 Å². The van der Waals surface area contributed by atoms with Gasteiger partial charge in [-0.2, -0.15) is 0 Å². The van der Waals surface area contributed by atoms with Gasteiger partial charge < -0.3 is 25.4 Å². The summed E-state index contributed by atoms with van der Waals surface area (Å²) in [6.45, 7) is 4.51. The fourth-order valence-corrected chi connectivity index (χ4v) is 6.39. The third kappa shape index (κ3) is 11.3. The number of para-hydroxylation sites is 1. The van der Waals surface area contributed by atoms with Gasteiger partial charge in [0.05, 0.1) is 10.9 Å². The number of piperazine rings is 1. The van der Waals surface area contributed by atoms with Gasteiger partial charge in [0.25, 0.3) is 5.56 Å². The Hall–Kier alpha value is -5.90. The molecule has 2 aliphatic rings. The zero-order valence-electron chi connectivity index (χ0n) is 28.1. The molecule has 2 atom stereocenters. The number of nitrogens with zero attached hydrogens (tertiary/aromatic N) is 3. The molecule has 4 aromatic rings. The number of H-pyrrole nitrogens is 1. The minimum atomic E-state index is -1.26. The summed E-state index contributed by atoms with van der Waals surface area (Å²) < 4.78 is 14.9. The Bertz CT molecular complexity index is 2070. The van der Waals surface area contributed by atoms with Gasteiger partial charge in [0.1, 0.15) is 5.82 Å². The molecule has 14 nitrogen and oxygen atoms in total. The molecular weight excluding hydrogens is 715 g/mol. The van der Waals surface area contributed by atoms with E-state index in [1.165, 1.54) is 27.8 Å². The number of carboxylic acid groups (broad SMARTS) is 4. The molecule has 0 spiro atoms. The largest absolute Gasteiger partial charge is 0.478 e. The first-order chi connectivity index (χ1) is 25.2. The van der Waals surface area contributed by atoms with Gasteiger partial charge in [-0.1, -0.05) is 41.9 Å². The van der Waals surface area contributed by atoms with E-state index in [4.69, 9.17) is 32.0 Å². The predicted molar refractivity (Wildman–Crippen MR) is 193 cm³/mol. The van der Waals surface area contributed by atoms with Crippen LogP contribution in [0, 0.1) is 5.82 Å². The Morgan fingerprint density at radius 1 is 0.755 bits per heavy atom. The van der Waals surface area contributed by atoms with Crippen LogP contribution in [0.2, 0.25) is 5.02 Å². The van der Waals surface area contributed by atoms with Crippen molar-refractivity contribution in [2.75, 3.05) is 32.7 Å². The van der Waals surface area contributed by atoms with Gasteiger partial charge in [0.2, 0.25) is 0 Å². The molecule has 1 aliphatic carbocycles. The quantitative estimate of drug-likeness (QED) is 0.155. The Kier molecular flexibility index (Phi) is 14.0. The molecule has 0 saturated carbocycles. The van der Waals surface area contributed by atoms with Crippen molar-refractivity contribution < 1.29 is 44.0 Å². The minimum Gasteiger partial charge on any atom is -0.478 e. The van der Waals surface area contributed by atoms with Gasteiger partial charge in [-0.3, -0.25) is 19.2 Å². The van der Waals surface area contributed by atoms with Gasteiger partial charge in [-0.25, -0.2) is 28.4 Å². The van der Waals surface area contributed by atoms with Gasteiger partial charge >= 0.3 is 29.6 Å². The molecule has 0 radical (unpaired) electrons. The van der Waals surface area contributed by atoms with Crippen LogP contribution in [0.3, 0.4) is 0 Å². The molecule has 1 aromatic heterocycles. The highest BCUT2D eigenvalue weighted by Gasteiger charge is 2.36. The highest BCUT2D eigenvalue weighted by molar-refractivity contribution is 6.30. The SMILES string of the molecule is O=C(O)/C=C\C(=O)O.O=C(O)/C=C\C(=O)O.O=c1[nH]c2ccccc2c(=O)n1CCN1CCN(C2CC(c3ccc(F)cc3)c3cc(Cl)ccc32)CC1. The first-order valence-corrected chi connectivity index (χ1v) is 16.6. The highest BCUT2D eigenvalue weighted by atomic mass is 35.5. The lowest BCUT2D eigenvalue weighted by molar-refractivity contribution is -0.134. The molecule has 53 heavy (non-hydrogen) atoms. The van der Waals surface area contributed by atoms with E-state index in [0.717, 1.165) is 43.2 Å². The number of carboxylic acids is 4. The van der Waals surface area contributed by atoms with Crippen LogP contribution in [-0.4, -0.2) is 96.4 Å². The van der Waals surface area contributed by atoms with Crippen molar-refractivity contribution in [1.82, 2.24) is 19.4 Å². The Morgan fingerprint density at radius 2 is 1.32 bits per heavy atom. The normalized spacial score (nSPS) is 17.1. The van der Waals surface area contributed by atoms with Crippen molar-refractivity contribution in [3.8, 4) is 0 Å². The highest BCUT2D eigenvalue weighted by Crippen LogP contribution is 2.47. The van der Waals surface area contributed by atoms with E-state index in [2.05, 4.69) is 26.9 Å². The number of nitrogens with one attached hydrogen (secondary N) is 1. The predicted octanol–water partition coefficient (Wildman–Crippen LogP) is 3.80. The maximum absolute atomic E-state index is 13.6. The summed E-state index contributed by atoms with van der Waals surface area (Å²) in [5, 5.41) is 32.5. The lowest BCUT2D eigenvalue weighted by Gasteiger charge is -2.38. The summed E-state index contributed by atoms with van der Waals surface area (Å²) in [5.41, 5.74) is 3.58. The molecule has 6 rings (SSSR count). The molecule has 1 saturated heterocycles. The lowest BCUT2D eigenvalue weighted by Crippen LogP contribution is -2.49. The number of aliphatic carboxylic acids is 4. The monoisotopic (exact) mass is 750 g/mol. The van der Waals surface area contributed by atoms with Crippen molar-refractivity contribution in [2.24, 2.45) is 0 Å². The zero-order valence-corrected chi connectivity index (χ0v) is 28.9. The second-order valence-electron chi connectivity index (χ2n) is 12.0. The maximum Gasteiger partial charge on any atom is 0.328 e. The molecule has 16 heteroatoms. The van der Waals surface area contributed by atoms with E-state index < -0.39 is 23.9 Å². The van der Waals surface area contributed by atoms with Crippen LogP contribution in [0.1, 0.15) is 35.1 Å². The van der Waals surface area contributed by atoms with Crippen LogP contribution >= 0.6 is 11.6 Å². The summed E-state index contributed by atoms with van der Waals surface area (Å²) in [5.74, 6) is -5.07. The van der Waals surface area contributed by atoms with Crippen molar-refractivity contribution in [1.29, 1.82) is 0 Å². The van der Waals surface area contributed by atoms with Crippen LogP contribution in [-0.2, 0) is 25.7 Å². The first-order valence-electron chi connectivity index (χ1n) is 16.2. The molecule has 2 unspecified atom stereocenters. The van der Waals surface area contributed by atoms with E-state index in [1.807, 2.05) is 18.2 Å². The maximum atomic E-state index is 13.6. The minimum absolute atomic E-state index is 0.184. The Labute approximate surface area is 306 Å². The third-order valence-electron chi connectivity index (χ3n) is 8.63. The summed E-state index contributed by atoms with van der Waals surface area (Å²) >= 11 is 6.36. The number of hydrogen-bond acceptors (Lipinski definition) is 8. The van der Waals surface area contributed by atoms with Crippen molar-refractivity contribution >= 4 is 46.4 Å². The number of benzene rings is 3. The van der Waals surface area contributed by atoms with Gasteiger partial charge in [0, 0.05) is 80.6 Å². The standard InChI is InChI=1S/C29H28ClFN4O2.2C4H4O4/c30-20-7-10-22-25(17-20)24(19-5-8-21(31)9-6-19)18-27(22)34-14-11-33(12-15-34)13-16-35-28(36)23-3-1-2-4-26(23)32-29(35)37;2*5-3(6)1-2-4(7)8/h1-10,17,24,27H,11-16,18H2,(H,32,37);2*1-2H,(H,5,6)(H,7,8)/b;2*2-1-. The molecule has 278 valence electrons. The first kappa shape index (κ1) is 39.9. The Morgan fingerprint density at radius 3 is 1.89 bits per heavy atom. The molecule has 5 N–H and O–H groups in total. The average molecular weight is 751 g/mol. The molecular formula is C37H36ClFN4O10. The van der Waals surface area contributed by atoms with Crippen LogP contribution in [0.15, 0.2) is 101 Å². The summed E-state index contributed by atoms with van der Waals surface area (Å²) in [4.78, 5) is 71.2. The summed E-state index contributed by atoms with van der Waals surface area (Å²) in [7, 11) is 0. The van der Waals surface area contributed by atoms with Crippen LogP contribution < -0.4 is 11.2 Å². The smallest absolute Gasteiger partial charge is 0.328 e. The van der Waals surface area contributed by atoms with E-state index in [0.29, 0.717) is 48.3 Å². The fraction of sp³-hybridized carbons (Fsp3) is 0.243. The van der Waals surface area contributed by atoms with E-state index in [-0.39, 0.29) is 29.0 Å². The van der Waals surface area contributed by atoms with Crippen molar-refractivity contribution in [2.45, 2.75) is 24.9 Å². The fourth-order valence-electron chi connectivity index (χ4n) is 6.21. The van der Waals surface area contributed by atoms with Gasteiger partial charge in [-0.05, 0) is 59.5 Å². The van der Waals surface area contributed by atoms with Crippen LogP contribution in [0.4, 0.5) is 4.39 Å². The number of hydrogen-bond donors (Lipinski definition) is 5. The Balaban J connectivity index is 0.000000329. The third-order valence-corrected chi connectivity index (χ3v) is 8.86. The molecule has 0 bridgehead atoms. The number of aromatic nitrogens is 2. The van der Waals surface area contributed by atoms with E-state index in [9.17, 15) is 33.2 Å². The second-order valence-corrected chi connectivity index (χ2v) is 12.4. The van der Waals surface area contributed by atoms with E-state index >= 15 is 0 Å². The average Bonchev–Trinajstić information content (AvgIpc) is 3.49. The van der Waals surface area contributed by atoms with Gasteiger partial charge in [0.15, 0.2) is 0 Å². The van der Waals surface area contributed by atoms with E-state index in [1.54, 1.807) is 24.3 Å². The second kappa shape index (κ2) is 18.5. The molecule has 3 aromatic carbocycles. The van der Waals surface area contributed by atoms with Crippen LogP contribution in [0.5, 0.6) is 0 Å². The van der Waals surface area contributed by atoms with Crippen molar-refractivity contribution in [3.63, 3.8) is 0 Å². The number of carbonyl (C=O) groups is 4. The molecule has 2 heterocycles.